The predicted molar refractivity (Wildman–Crippen MR) is 94.1 cm³/mol. The molecule has 0 fully saturated rings. The Bertz CT molecular complexity index is 860. The maximum absolute atomic E-state index is 13.0. The quantitative estimate of drug-likeness (QED) is 0.619. The summed E-state index contributed by atoms with van der Waals surface area (Å²) in [5, 5.41) is 0. The van der Waals surface area contributed by atoms with Crippen molar-refractivity contribution in [1.29, 1.82) is 0 Å². The Morgan fingerprint density at radius 2 is 1.30 bits per heavy atom. The second kappa shape index (κ2) is 5.94. The molecule has 1 aliphatic heterocycles. The number of fused-ring (bicyclic) bond motifs is 3. The summed E-state index contributed by atoms with van der Waals surface area (Å²) in [6, 6.07) is 26.2. The summed E-state index contributed by atoms with van der Waals surface area (Å²) in [7, 11) is 0. The Hall–Kier alpha value is -2.52. The minimum Gasteiger partial charge on any atom is -0.274 e. The molecule has 112 valence electrons. The Balaban J connectivity index is 1.81. The minimum absolute atomic E-state index is 0.0608. The predicted octanol–water partition coefficient (Wildman–Crippen LogP) is 5.02. The van der Waals surface area contributed by atoms with Crippen LogP contribution >= 0.6 is 11.9 Å². The van der Waals surface area contributed by atoms with Crippen molar-refractivity contribution in [2.75, 3.05) is 0 Å². The topological polar surface area (TPSA) is 20.3 Å². The molecule has 0 aliphatic carbocycles. The molecule has 2 nitrogen and oxygen atoms in total. The summed E-state index contributed by atoms with van der Waals surface area (Å²) in [5.74, 6) is 0.0608. The van der Waals surface area contributed by atoms with Crippen LogP contribution in [0.15, 0.2) is 83.8 Å². The van der Waals surface area contributed by atoms with Gasteiger partial charge in [0.25, 0.3) is 5.91 Å². The maximum Gasteiger partial charge on any atom is 0.264 e. The van der Waals surface area contributed by atoms with E-state index in [2.05, 4.69) is 24.3 Å². The van der Waals surface area contributed by atoms with Crippen molar-refractivity contribution in [2.45, 2.75) is 11.4 Å². The molecule has 0 radical (unpaired) electrons. The van der Waals surface area contributed by atoms with Gasteiger partial charge in [-0.3, -0.25) is 9.10 Å². The first-order chi connectivity index (χ1) is 11.3. The molecule has 0 saturated heterocycles. The highest BCUT2D eigenvalue weighted by atomic mass is 32.2. The Labute approximate surface area is 139 Å². The van der Waals surface area contributed by atoms with Crippen LogP contribution in [0.25, 0.3) is 11.1 Å². The number of rotatable bonds is 2. The van der Waals surface area contributed by atoms with E-state index >= 15 is 0 Å². The van der Waals surface area contributed by atoms with Gasteiger partial charge in [-0.2, -0.15) is 0 Å². The van der Waals surface area contributed by atoms with Gasteiger partial charge < -0.3 is 0 Å². The summed E-state index contributed by atoms with van der Waals surface area (Å²) < 4.78 is 1.85. The van der Waals surface area contributed by atoms with Gasteiger partial charge in [0.1, 0.15) is 0 Å². The van der Waals surface area contributed by atoms with Gasteiger partial charge in [0, 0.05) is 10.5 Å². The first kappa shape index (κ1) is 14.1. The van der Waals surface area contributed by atoms with Crippen molar-refractivity contribution in [1.82, 2.24) is 4.31 Å². The lowest BCUT2D eigenvalue weighted by Crippen LogP contribution is -2.23. The van der Waals surface area contributed by atoms with E-state index in [0.29, 0.717) is 6.54 Å². The largest absolute Gasteiger partial charge is 0.274 e. The summed E-state index contributed by atoms with van der Waals surface area (Å²) >= 11 is 1.52. The van der Waals surface area contributed by atoms with E-state index in [1.807, 2.05) is 58.9 Å². The fraction of sp³-hybridized carbons (Fsp3) is 0.0500. The fourth-order valence-electron chi connectivity index (χ4n) is 2.82. The molecule has 0 unspecified atom stereocenters. The second-order valence-electron chi connectivity index (χ2n) is 5.46. The molecule has 0 saturated carbocycles. The highest BCUT2D eigenvalue weighted by Gasteiger charge is 2.26. The van der Waals surface area contributed by atoms with Gasteiger partial charge in [0.05, 0.1) is 6.54 Å². The number of carbonyl (C=O) groups excluding carboxylic acids is 1. The molecule has 3 heteroatoms. The average Bonchev–Trinajstić information content (AvgIpc) is 2.72. The van der Waals surface area contributed by atoms with Crippen molar-refractivity contribution in [2.24, 2.45) is 0 Å². The van der Waals surface area contributed by atoms with Crippen LogP contribution in [-0.2, 0) is 6.54 Å². The van der Waals surface area contributed by atoms with Gasteiger partial charge in [0.2, 0.25) is 0 Å². The lowest BCUT2D eigenvalue weighted by molar-refractivity contribution is 0.0867. The van der Waals surface area contributed by atoms with E-state index in [0.717, 1.165) is 27.1 Å². The van der Waals surface area contributed by atoms with Crippen molar-refractivity contribution < 1.29 is 4.79 Å². The number of benzene rings is 3. The van der Waals surface area contributed by atoms with Gasteiger partial charge >= 0.3 is 0 Å². The molecule has 0 N–H and O–H groups in total. The molecule has 3 aromatic carbocycles. The molecular formula is C20H15NOS. The first-order valence-corrected chi connectivity index (χ1v) is 8.32. The van der Waals surface area contributed by atoms with Crippen LogP contribution in [0.4, 0.5) is 0 Å². The maximum atomic E-state index is 13.0. The van der Waals surface area contributed by atoms with E-state index in [1.165, 1.54) is 11.9 Å². The summed E-state index contributed by atoms with van der Waals surface area (Å²) in [6.45, 7) is 0.590. The minimum atomic E-state index is 0.0608. The number of hydrogen-bond acceptors (Lipinski definition) is 2. The highest BCUT2D eigenvalue weighted by molar-refractivity contribution is 7.97. The van der Waals surface area contributed by atoms with Crippen LogP contribution in [0, 0.1) is 0 Å². The van der Waals surface area contributed by atoms with E-state index in [-0.39, 0.29) is 5.91 Å². The zero-order valence-corrected chi connectivity index (χ0v) is 13.3. The molecule has 1 amide bonds. The third-order valence-corrected chi connectivity index (χ3v) is 5.01. The second-order valence-corrected chi connectivity index (χ2v) is 6.52. The third kappa shape index (κ3) is 2.64. The smallest absolute Gasteiger partial charge is 0.264 e. The lowest BCUT2D eigenvalue weighted by Gasteiger charge is -2.20. The van der Waals surface area contributed by atoms with E-state index in [9.17, 15) is 4.79 Å². The zero-order valence-electron chi connectivity index (χ0n) is 12.5. The molecule has 4 rings (SSSR count). The number of amides is 1. The van der Waals surface area contributed by atoms with Crippen LogP contribution in [0.5, 0.6) is 0 Å². The van der Waals surface area contributed by atoms with Crippen LogP contribution in [0.3, 0.4) is 0 Å². The van der Waals surface area contributed by atoms with E-state index in [1.54, 1.807) is 0 Å². The summed E-state index contributed by atoms with van der Waals surface area (Å²) in [5.41, 5.74) is 4.03. The summed E-state index contributed by atoms with van der Waals surface area (Å²) in [6.07, 6.45) is 0. The third-order valence-electron chi connectivity index (χ3n) is 3.94. The molecule has 3 aromatic rings. The van der Waals surface area contributed by atoms with Gasteiger partial charge in [-0.05, 0) is 40.8 Å². The van der Waals surface area contributed by atoms with Gasteiger partial charge in [0.15, 0.2) is 0 Å². The van der Waals surface area contributed by atoms with Crippen molar-refractivity contribution >= 4 is 17.9 Å². The van der Waals surface area contributed by atoms with Gasteiger partial charge in [-0.15, -0.1) is 0 Å². The Morgan fingerprint density at radius 1 is 0.696 bits per heavy atom. The molecule has 0 spiro atoms. The van der Waals surface area contributed by atoms with E-state index in [4.69, 9.17) is 0 Å². The van der Waals surface area contributed by atoms with Gasteiger partial charge in [-0.1, -0.05) is 66.7 Å². The van der Waals surface area contributed by atoms with Crippen LogP contribution < -0.4 is 0 Å². The lowest BCUT2D eigenvalue weighted by atomic mass is 9.99. The average molecular weight is 317 g/mol. The van der Waals surface area contributed by atoms with Crippen LogP contribution in [0.2, 0.25) is 0 Å². The van der Waals surface area contributed by atoms with Gasteiger partial charge in [-0.25, -0.2) is 0 Å². The molecular weight excluding hydrogens is 302 g/mol. The number of carbonyl (C=O) groups is 1. The van der Waals surface area contributed by atoms with Crippen molar-refractivity contribution in [3.8, 4) is 11.1 Å². The molecule has 0 bridgehead atoms. The van der Waals surface area contributed by atoms with Crippen molar-refractivity contribution in [3.05, 3.63) is 90.0 Å². The van der Waals surface area contributed by atoms with Crippen molar-refractivity contribution in [3.63, 3.8) is 0 Å². The molecule has 23 heavy (non-hydrogen) atoms. The van der Waals surface area contributed by atoms with Crippen LogP contribution in [0.1, 0.15) is 15.9 Å². The highest BCUT2D eigenvalue weighted by Crippen LogP contribution is 2.40. The number of hydrogen-bond donors (Lipinski definition) is 0. The number of nitrogens with zero attached hydrogens (tertiary/aromatic N) is 1. The fourth-order valence-corrected chi connectivity index (χ4v) is 3.87. The SMILES string of the molecule is O=C1c2ccccc2-c2ccccc2SN1Cc1ccccc1. The summed E-state index contributed by atoms with van der Waals surface area (Å²) in [4.78, 5) is 14.1. The monoisotopic (exact) mass is 317 g/mol. The molecule has 1 heterocycles. The zero-order chi connectivity index (χ0) is 15.6. The standard InChI is InChI=1S/C20H15NOS/c22-20-18-12-5-4-10-16(18)17-11-6-7-13-19(17)23-21(20)14-15-8-2-1-3-9-15/h1-13H,14H2. The molecule has 0 aromatic heterocycles. The Morgan fingerprint density at radius 3 is 2.09 bits per heavy atom. The van der Waals surface area contributed by atoms with Crippen LogP contribution in [-0.4, -0.2) is 10.2 Å². The molecule has 0 atom stereocenters. The first-order valence-electron chi connectivity index (χ1n) is 7.55. The Kier molecular flexibility index (Phi) is 3.64. The molecule has 1 aliphatic rings. The normalized spacial score (nSPS) is 13.2. The van der Waals surface area contributed by atoms with E-state index < -0.39 is 0 Å².